The van der Waals surface area contributed by atoms with Gasteiger partial charge in [-0.25, -0.2) is 4.98 Å². The van der Waals surface area contributed by atoms with Gasteiger partial charge in [-0.15, -0.1) is 11.3 Å². The Morgan fingerprint density at radius 2 is 2.24 bits per heavy atom. The second-order valence-electron chi connectivity index (χ2n) is 3.96. The molecule has 3 nitrogen and oxygen atoms in total. The minimum Gasteiger partial charge on any atom is -0.347 e. The predicted molar refractivity (Wildman–Crippen MR) is 75.8 cm³/mol. The van der Waals surface area contributed by atoms with Crippen molar-refractivity contribution < 1.29 is 4.79 Å². The first kappa shape index (κ1) is 14.5. The number of carbonyl (C=O) groups is 1. The van der Waals surface area contributed by atoms with Gasteiger partial charge < -0.3 is 5.32 Å². The summed E-state index contributed by atoms with van der Waals surface area (Å²) in [5, 5.41) is 4.08. The Labute approximate surface area is 111 Å². The van der Waals surface area contributed by atoms with Crippen LogP contribution < -0.4 is 5.32 Å². The van der Waals surface area contributed by atoms with Crippen molar-refractivity contribution in [1.29, 1.82) is 0 Å². The lowest BCUT2D eigenvalue weighted by atomic mass is 10.2. The van der Waals surface area contributed by atoms with Crippen molar-refractivity contribution in [3.8, 4) is 0 Å². The Morgan fingerprint density at radius 3 is 2.71 bits per heavy atom. The first-order chi connectivity index (χ1) is 8.08. The standard InChI is InChI=1S/C12H20N2OS2/c1-5-10(14-11(15)6-7-16-4)12-13-8(2)9(3)17-12/h10H,5-7H2,1-4H3,(H,14,15)/t10-/m0/s1. The van der Waals surface area contributed by atoms with E-state index < -0.39 is 0 Å². The summed E-state index contributed by atoms with van der Waals surface area (Å²) in [5.41, 5.74) is 1.07. The van der Waals surface area contributed by atoms with Crippen LogP contribution in [0.3, 0.4) is 0 Å². The minimum atomic E-state index is 0.0711. The number of nitrogens with zero attached hydrogens (tertiary/aromatic N) is 1. The van der Waals surface area contributed by atoms with Gasteiger partial charge in [0.1, 0.15) is 5.01 Å². The van der Waals surface area contributed by atoms with E-state index in [1.54, 1.807) is 23.1 Å². The Morgan fingerprint density at radius 1 is 1.53 bits per heavy atom. The van der Waals surface area contributed by atoms with E-state index in [-0.39, 0.29) is 11.9 Å². The molecule has 17 heavy (non-hydrogen) atoms. The molecule has 0 aliphatic heterocycles. The predicted octanol–water partition coefficient (Wildman–Crippen LogP) is 3.08. The summed E-state index contributed by atoms with van der Waals surface area (Å²) in [7, 11) is 0. The van der Waals surface area contributed by atoms with Gasteiger partial charge in [-0.05, 0) is 26.5 Å². The summed E-state index contributed by atoms with van der Waals surface area (Å²) >= 11 is 3.37. The maximum atomic E-state index is 11.7. The van der Waals surface area contributed by atoms with Crippen molar-refractivity contribution in [2.75, 3.05) is 12.0 Å². The molecular formula is C12H20N2OS2. The van der Waals surface area contributed by atoms with Crippen LogP contribution >= 0.6 is 23.1 Å². The van der Waals surface area contributed by atoms with E-state index in [9.17, 15) is 4.79 Å². The van der Waals surface area contributed by atoms with Gasteiger partial charge in [0.2, 0.25) is 5.91 Å². The molecule has 1 amide bonds. The van der Waals surface area contributed by atoms with Gasteiger partial charge in [0, 0.05) is 17.1 Å². The number of aryl methyl sites for hydroxylation is 2. The highest BCUT2D eigenvalue weighted by Gasteiger charge is 2.16. The van der Waals surface area contributed by atoms with Crippen LogP contribution in [-0.2, 0) is 4.79 Å². The van der Waals surface area contributed by atoms with Crippen LogP contribution in [0.15, 0.2) is 0 Å². The van der Waals surface area contributed by atoms with E-state index in [0.29, 0.717) is 6.42 Å². The van der Waals surface area contributed by atoms with Crippen LogP contribution in [0.1, 0.15) is 41.4 Å². The zero-order valence-electron chi connectivity index (χ0n) is 10.9. The molecule has 0 aromatic carbocycles. The highest BCUT2D eigenvalue weighted by atomic mass is 32.2. The molecule has 1 aromatic rings. The molecule has 0 unspecified atom stereocenters. The zero-order chi connectivity index (χ0) is 12.8. The minimum absolute atomic E-state index is 0.0711. The average Bonchev–Trinajstić information content (AvgIpc) is 2.63. The molecule has 0 radical (unpaired) electrons. The smallest absolute Gasteiger partial charge is 0.221 e. The average molecular weight is 272 g/mol. The van der Waals surface area contributed by atoms with Crippen molar-refractivity contribution in [3.05, 3.63) is 15.6 Å². The molecule has 96 valence electrons. The maximum absolute atomic E-state index is 11.7. The fraction of sp³-hybridized carbons (Fsp3) is 0.667. The number of thioether (sulfide) groups is 1. The molecule has 1 aromatic heterocycles. The number of hydrogen-bond donors (Lipinski definition) is 1. The first-order valence-electron chi connectivity index (χ1n) is 5.80. The molecule has 1 N–H and O–H groups in total. The lowest BCUT2D eigenvalue weighted by Crippen LogP contribution is -2.28. The van der Waals surface area contributed by atoms with E-state index in [1.165, 1.54) is 4.88 Å². The third-order valence-electron chi connectivity index (χ3n) is 2.62. The quantitative estimate of drug-likeness (QED) is 0.865. The monoisotopic (exact) mass is 272 g/mol. The van der Waals surface area contributed by atoms with Crippen LogP contribution in [0.5, 0.6) is 0 Å². The van der Waals surface area contributed by atoms with Gasteiger partial charge in [-0.2, -0.15) is 11.8 Å². The largest absolute Gasteiger partial charge is 0.347 e. The van der Waals surface area contributed by atoms with Gasteiger partial charge in [-0.1, -0.05) is 6.92 Å². The van der Waals surface area contributed by atoms with Gasteiger partial charge in [0.15, 0.2) is 0 Å². The van der Waals surface area contributed by atoms with Gasteiger partial charge in [0.05, 0.1) is 11.7 Å². The number of thiazole rings is 1. The van der Waals surface area contributed by atoms with Crippen LogP contribution in [0, 0.1) is 13.8 Å². The van der Waals surface area contributed by atoms with E-state index in [2.05, 4.69) is 24.1 Å². The summed E-state index contributed by atoms with van der Waals surface area (Å²) in [6.45, 7) is 6.15. The molecule has 0 aliphatic carbocycles. The highest BCUT2D eigenvalue weighted by molar-refractivity contribution is 7.98. The Kier molecular flexibility index (Phi) is 5.98. The second kappa shape index (κ2) is 7.01. The molecule has 0 spiro atoms. The third-order valence-corrected chi connectivity index (χ3v) is 4.42. The Bertz CT molecular complexity index is 357. The van der Waals surface area contributed by atoms with E-state index in [0.717, 1.165) is 22.9 Å². The lowest BCUT2D eigenvalue weighted by molar-refractivity contribution is -0.121. The third kappa shape index (κ3) is 4.32. The number of rotatable bonds is 6. The number of aromatic nitrogens is 1. The summed E-state index contributed by atoms with van der Waals surface area (Å²) in [6.07, 6.45) is 3.48. The Balaban J connectivity index is 2.62. The van der Waals surface area contributed by atoms with Crippen LogP contribution in [-0.4, -0.2) is 22.9 Å². The van der Waals surface area contributed by atoms with Crippen LogP contribution in [0.4, 0.5) is 0 Å². The molecule has 1 rings (SSSR count). The van der Waals surface area contributed by atoms with Gasteiger partial charge in [0.25, 0.3) is 0 Å². The summed E-state index contributed by atoms with van der Waals surface area (Å²) in [6, 6.07) is 0.0711. The van der Waals surface area contributed by atoms with Crippen molar-refractivity contribution in [2.45, 2.75) is 39.7 Å². The van der Waals surface area contributed by atoms with Crippen molar-refractivity contribution >= 4 is 29.0 Å². The van der Waals surface area contributed by atoms with Crippen LogP contribution in [0.25, 0.3) is 0 Å². The van der Waals surface area contributed by atoms with Crippen LogP contribution in [0.2, 0.25) is 0 Å². The topological polar surface area (TPSA) is 42.0 Å². The Hall–Kier alpha value is -0.550. The van der Waals surface area contributed by atoms with Crippen molar-refractivity contribution in [3.63, 3.8) is 0 Å². The maximum Gasteiger partial charge on any atom is 0.221 e. The molecular weight excluding hydrogens is 252 g/mol. The second-order valence-corrected chi connectivity index (χ2v) is 6.19. The molecule has 0 fully saturated rings. The number of amides is 1. The normalized spacial score (nSPS) is 12.5. The van der Waals surface area contributed by atoms with E-state index in [4.69, 9.17) is 0 Å². The van der Waals surface area contributed by atoms with E-state index in [1.807, 2.05) is 13.2 Å². The molecule has 1 heterocycles. The van der Waals surface area contributed by atoms with Crippen molar-refractivity contribution in [2.24, 2.45) is 0 Å². The van der Waals surface area contributed by atoms with E-state index >= 15 is 0 Å². The van der Waals surface area contributed by atoms with Gasteiger partial charge >= 0.3 is 0 Å². The zero-order valence-corrected chi connectivity index (χ0v) is 12.5. The molecule has 0 aliphatic rings. The SMILES string of the molecule is CC[C@H](NC(=O)CCSC)c1nc(C)c(C)s1. The molecule has 0 bridgehead atoms. The molecule has 0 saturated heterocycles. The number of hydrogen-bond acceptors (Lipinski definition) is 4. The first-order valence-corrected chi connectivity index (χ1v) is 8.01. The van der Waals surface area contributed by atoms with Gasteiger partial charge in [-0.3, -0.25) is 4.79 Å². The number of nitrogens with one attached hydrogen (secondary N) is 1. The molecule has 1 atom stereocenters. The highest BCUT2D eigenvalue weighted by Crippen LogP contribution is 2.24. The summed E-state index contributed by atoms with van der Waals surface area (Å²) < 4.78 is 0. The molecule has 5 heteroatoms. The summed E-state index contributed by atoms with van der Waals surface area (Å²) in [4.78, 5) is 17.4. The summed E-state index contributed by atoms with van der Waals surface area (Å²) in [5.74, 6) is 0.995. The van der Waals surface area contributed by atoms with Crippen molar-refractivity contribution in [1.82, 2.24) is 10.3 Å². The fourth-order valence-electron chi connectivity index (χ4n) is 1.45. The fourth-order valence-corrected chi connectivity index (χ4v) is 2.89. The number of carbonyl (C=O) groups excluding carboxylic acids is 1. The molecule has 0 saturated carbocycles. The lowest BCUT2D eigenvalue weighted by Gasteiger charge is -2.14.